The van der Waals surface area contributed by atoms with E-state index in [0.29, 0.717) is 6.54 Å². The van der Waals surface area contributed by atoms with Gasteiger partial charge in [0.25, 0.3) is 5.91 Å². The van der Waals surface area contributed by atoms with E-state index in [0.717, 1.165) is 62.4 Å². The molecule has 10 heteroatoms. The average molecular weight is 594 g/mol. The number of benzene rings is 2. The largest absolute Gasteiger partial charge is 0.434 e. The van der Waals surface area contributed by atoms with Gasteiger partial charge in [-0.3, -0.25) is 19.6 Å². The third-order valence-electron chi connectivity index (χ3n) is 7.41. The van der Waals surface area contributed by atoms with Gasteiger partial charge in [0.05, 0.1) is 23.2 Å². The van der Waals surface area contributed by atoms with E-state index in [1.54, 1.807) is 31.6 Å². The highest BCUT2D eigenvalue weighted by molar-refractivity contribution is 6.34. The van der Waals surface area contributed by atoms with E-state index in [1.807, 2.05) is 48.5 Å². The molecule has 0 radical (unpaired) electrons. The quantitative estimate of drug-likeness (QED) is 0.276. The van der Waals surface area contributed by atoms with Crippen molar-refractivity contribution >= 4 is 29.3 Å². The van der Waals surface area contributed by atoms with E-state index in [1.165, 1.54) is 11.3 Å². The zero-order valence-corrected chi connectivity index (χ0v) is 25.1. The molecule has 4 rings (SSSR count). The van der Waals surface area contributed by atoms with Gasteiger partial charge in [-0.2, -0.15) is 5.48 Å². The summed E-state index contributed by atoms with van der Waals surface area (Å²) in [5.74, 6) is -0.589. The Bertz CT molecular complexity index is 1230. The molecule has 1 aliphatic rings. The molecule has 0 saturated carbocycles. The summed E-state index contributed by atoms with van der Waals surface area (Å²) >= 11 is 6.40. The fourth-order valence-electron chi connectivity index (χ4n) is 4.99. The number of aromatic nitrogens is 1. The summed E-state index contributed by atoms with van der Waals surface area (Å²) in [6, 6.07) is 18.6. The molecule has 42 heavy (non-hydrogen) atoms. The van der Waals surface area contributed by atoms with Crippen molar-refractivity contribution in [1.82, 2.24) is 20.3 Å². The summed E-state index contributed by atoms with van der Waals surface area (Å²) in [5, 5.41) is 0.279. The minimum absolute atomic E-state index is 0.241. The lowest BCUT2D eigenvalue weighted by molar-refractivity contribution is 0.0397. The first-order valence-corrected chi connectivity index (χ1v) is 14.8. The van der Waals surface area contributed by atoms with Crippen molar-refractivity contribution in [2.75, 3.05) is 44.7 Å². The molecule has 3 aromatic rings. The Hall–Kier alpha value is -3.66. The van der Waals surface area contributed by atoms with Crippen molar-refractivity contribution in [3.8, 4) is 0 Å². The topological polar surface area (TPSA) is 87.2 Å². The molecule has 1 aromatic heterocycles. The van der Waals surface area contributed by atoms with Crippen LogP contribution >= 0.6 is 11.6 Å². The maximum Gasteiger partial charge on any atom is 0.434 e. The number of unbranched alkanes of at least 4 members (excludes halogenated alkanes) is 1. The summed E-state index contributed by atoms with van der Waals surface area (Å²) < 4.78 is 5.68. The van der Waals surface area contributed by atoms with Gasteiger partial charge in [0, 0.05) is 64.5 Å². The molecule has 224 valence electrons. The Morgan fingerprint density at radius 3 is 2.45 bits per heavy atom. The van der Waals surface area contributed by atoms with Crippen molar-refractivity contribution in [2.45, 2.75) is 45.4 Å². The maximum absolute atomic E-state index is 13.1. The lowest BCUT2D eigenvalue weighted by Gasteiger charge is -2.37. The summed E-state index contributed by atoms with van der Waals surface area (Å²) in [6.07, 6.45) is 6.33. The van der Waals surface area contributed by atoms with Crippen molar-refractivity contribution in [3.63, 3.8) is 0 Å². The average Bonchev–Trinajstić information content (AvgIpc) is 3.03. The number of nitrogens with zero attached hydrogens (tertiary/aromatic N) is 4. The van der Waals surface area contributed by atoms with Gasteiger partial charge < -0.3 is 14.5 Å². The number of carbonyl (C=O) groups is 2. The molecule has 2 aromatic carbocycles. The van der Waals surface area contributed by atoms with Crippen LogP contribution in [0.3, 0.4) is 0 Å². The van der Waals surface area contributed by atoms with E-state index >= 15 is 0 Å². The number of rotatable bonds is 12. The lowest BCUT2D eigenvalue weighted by atomic mass is 10.1. The summed E-state index contributed by atoms with van der Waals surface area (Å²) in [7, 11) is 1.79. The van der Waals surface area contributed by atoms with Crippen molar-refractivity contribution in [1.29, 1.82) is 0 Å². The Labute approximate surface area is 253 Å². The molecular weight excluding hydrogens is 554 g/mol. The van der Waals surface area contributed by atoms with Crippen LogP contribution in [0.5, 0.6) is 0 Å². The second-order valence-corrected chi connectivity index (χ2v) is 10.9. The highest BCUT2D eigenvalue weighted by atomic mass is 35.5. The normalized spacial score (nSPS) is 14.3. The van der Waals surface area contributed by atoms with E-state index in [-0.39, 0.29) is 23.2 Å². The molecule has 1 aliphatic heterocycles. The minimum atomic E-state index is -0.687. The smallest absolute Gasteiger partial charge is 0.380 e. The SMILES string of the molecule is CCCCC(CN1CCN(c2ccc(Cl)c(C(=O)NOC(=O)N(Cc3ccccc3)Cc3cccnc3)c2)CC1)OC. The number of piperazine rings is 1. The fraction of sp³-hybridized carbons (Fsp3) is 0.406. The summed E-state index contributed by atoms with van der Waals surface area (Å²) in [5.41, 5.74) is 5.21. The van der Waals surface area contributed by atoms with Crippen LogP contribution in [0.25, 0.3) is 0 Å². The zero-order chi connectivity index (χ0) is 29.7. The van der Waals surface area contributed by atoms with Crippen LogP contribution in [0.15, 0.2) is 73.1 Å². The Morgan fingerprint density at radius 1 is 1.02 bits per heavy atom. The van der Waals surface area contributed by atoms with Crippen LogP contribution in [-0.2, 0) is 22.7 Å². The predicted octanol–water partition coefficient (Wildman–Crippen LogP) is 5.55. The van der Waals surface area contributed by atoms with E-state index < -0.39 is 12.0 Å². The number of nitrogens with one attached hydrogen (secondary N) is 1. The Morgan fingerprint density at radius 2 is 1.76 bits per heavy atom. The minimum Gasteiger partial charge on any atom is -0.380 e. The third kappa shape index (κ3) is 9.17. The number of pyridine rings is 1. The van der Waals surface area contributed by atoms with Crippen molar-refractivity contribution in [2.24, 2.45) is 0 Å². The van der Waals surface area contributed by atoms with Gasteiger partial charge in [0.1, 0.15) is 0 Å². The summed E-state index contributed by atoms with van der Waals surface area (Å²) in [6.45, 7) is 7.14. The second-order valence-electron chi connectivity index (χ2n) is 10.5. The molecule has 1 N–H and O–H groups in total. The van der Waals surface area contributed by atoms with E-state index in [4.69, 9.17) is 21.2 Å². The van der Waals surface area contributed by atoms with Crippen LogP contribution in [-0.4, -0.2) is 72.7 Å². The second kappa shape index (κ2) is 16.1. The first-order valence-electron chi connectivity index (χ1n) is 14.5. The van der Waals surface area contributed by atoms with Gasteiger partial charge in [-0.25, -0.2) is 4.79 Å². The number of halogens is 1. The number of anilines is 1. The first kappa shape index (κ1) is 31.3. The highest BCUT2D eigenvalue weighted by Gasteiger charge is 2.23. The maximum atomic E-state index is 13.1. The summed E-state index contributed by atoms with van der Waals surface area (Å²) in [4.78, 5) is 41.7. The molecular formula is C32H40ClN5O4. The fourth-order valence-corrected chi connectivity index (χ4v) is 5.19. The van der Waals surface area contributed by atoms with Crippen molar-refractivity contribution in [3.05, 3.63) is 94.8 Å². The van der Waals surface area contributed by atoms with Crippen LogP contribution in [0.2, 0.25) is 5.02 Å². The van der Waals surface area contributed by atoms with Gasteiger partial charge in [0.15, 0.2) is 0 Å². The van der Waals surface area contributed by atoms with Gasteiger partial charge in [0.2, 0.25) is 0 Å². The van der Waals surface area contributed by atoms with Crippen LogP contribution < -0.4 is 10.4 Å². The number of methoxy groups -OCH3 is 1. The predicted molar refractivity (Wildman–Crippen MR) is 164 cm³/mol. The number of hydroxylamine groups is 1. The monoisotopic (exact) mass is 593 g/mol. The Kier molecular flexibility index (Phi) is 12.0. The number of carbonyl (C=O) groups excluding carboxylic acids is 2. The van der Waals surface area contributed by atoms with Crippen LogP contribution in [0.1, 0.15) is 47.7 Å². The third-order valence-corrected chi connectivity index (χ3v) is 7.74. The highest BCUT2D eigenvalue weighted by Crippen LogP contribution is 2.25. The Balaban J connectivity index is 1.35. The first-order chi connectivity index (χ1) is 20.5. The molecule has 2 amide bonds. The van der Waals surface area contributed by atoms with Crippen LogP contribution in [0, 0.1) is 0 Å². The van der Waals surface area contributed by atoms with E-state index in [2.05, 4.69) is 27.2 Å². The molecule has 0 spiro atoms. The van der Waals surface area contributed by atoms with Gasteiger partial charge in [-0.1, -0.05) is 67.8 Å². The number of hydrogen-bond acceptors (Lipinski definition) is 7. The molecule has 1 atom stereocenters. The van der Waals surface area contributed by atoms with Crippen LogP contribution in [0.4, 0.5) is 10.5 Å². The van der Waals surface area contributed by atoms with Gasteiger partial charge in [-0.05, 0) is 41.8 Å². The molecule has 1 saturated heterocycles. The van der Waals surface area contributed by atoms with Crippen molar-refractivity contribution < 1.29 is 19.2 Å². The number of amides is 2. The molecule has 0 bridgehead atoms. The van der Waals surface area contributed by atoms with E-state index in [9.17, 15) is 9.59 Å². The molecule has 1 unspecified atom stereocenters. The van der Waals surface area contributed by atoms with Gasteiger partial charge >= 0.3 is 6.09 Å². The number of ether oxygens (including phenoxy) is 1. The lowest BCUT2D eigenvalue weighted by Crippen LogP contribution is -2.48. The number of hydrogen-bond donors (Lipinski definition) is 1. The standard InChI is InChI=1S/C32H40ClN5O4/c1-3-4-12-28(41-2)24-36-16-18-37(19-17-36)27-13-14-30(33)29(20-27)31(39)35-42-32(40)38(22-25-9-6-5-7-10-25)23-26-11-8-15-34-21-26/h5-11,13-15,20-21,28H,3-4,12,16-19,22-24H2,1-2H3,(H,35,39). The zero-order valence-electron chi connectivity index (χ0n) is 24.4. The molecule has 0 aliphatic carbocycles. The molecule has 9 nitrogen and oxygen atoms in total. The molecule has 1 fully saturated rings. The van der Waals surface area contributed by atoms with Gasteiger partial charge in [-0.15, -0.1) is 0 Å². The molecule has 2 heterocycles.